The molecule has 0 spiro atoms. The summed E-state index contributed by atoms with van der Waals surface area (Å²) in [6.45, 7) is 2.83. The van der Waals surface area contributed by atoms with Crippen LogP contribution >= 0.6 is 0 Å². The average Bonchev–Trinajstić information content (AvgIpc) is 2.72. The molecule has 1 heterocycles. The van der Waals surface area contributed by atoms with Crippen molar-refractivity contribution < 1.29 is 9.90 Å². The minimum atomic E-state index is -0.741. The predicted molar refractivity (Wildman–Crippen MR) is 76.2 cm³/mol. The van der Waals surface area contributed by atoms with Gasteiger partial charge in [0.15, 0.2) is 0 Å². The van der Waals surface area contributed by atoms with Crippen LogP contribution in [0.3, 0.4) is 0 Å². The maximum Gasteiger partial charge on any atom is 0.320 e. The summed E-state index contributed by atoms with van der Waals surface area (Å²) in [5.41, 5.74) is 1.63. The highest BCUT2D eigenvalue weighted by Gasteiger charge is 2.31. The van der Waals surface area contributed by atoms with E-state index in [-0.39, 0.29) is 6.04 Å². The van der Waals surface area contributed by atoms with Crippen LogP contribution in [0.4, 0.5) is 0 Å². The van der Waals surface area contributed by atoms with Gasteiger partial charge in [-0.1, -0.05) is 25.0 Å². The second-order valence-electron chi connectivity index (χ2n) is 5.35. The summed E-state index contributed by atoms with van der Waals surface area (Å²) in [5, 5.41) is 18.4. The number of carboxylic acids is 1. The van der Waals surface area contributed by atoms with Crippen molar-refractivity contribution in [2.45, 2.75) is 44.7 Å². The quantitative estimate of drug-likeness (QED) is 0.918. The Kier molecular flexibility index (Phi) is 4.75. The molecule has 1 aliphatic rings. The number of nitrogens with zero attached hydrogens (tertiary/aromatic N) is 2. The number of carboxylic acid groups (broad SMARTS) is 1. The zero-order valence-electron chi connectivity index (χ0n) is 11.7. The van der Waals surface area contributed by atoms with Gasteiger partial charge in [-0.05, 0) is 44.0 Å². The molecule has 2 rings (SSSR count). The molecule has 1 fully saturated rings. The molecule has 1 saturated heterocycles. The Morgan fingerprint density at radius 2 is 2.25 bits per heavy atom. The Labute approximate surface area is 119 Å². The molecular formula is C16H20N2O2. The van der Waals surface area contributed by atoms with Gasteiger partial charge in [0.1, 0.15) is 6.04 Å². The fraction of sp³-hybridized carbons (Fsp3) is 0.500. The predicted octanol–water partition coefficient (Wildman–Crippen LogP) is 2.95. The van der Waals surface area contributed by atoms with Crippen molar-refractivity contribution in [1.29, 1.82) is 5.26 Å². The first kappa shape index (κ1) is 14.5. The summed E-state index contributed by atoms with van der Waals surface area (Å²) in [4.78, 5) is 13.5. The molecule has 0 amide bonds. The highest BCUT2D eigenvalue weighted by molar-refractivity contribution is 5.73. The molecule has 2 unspecified atom stereocenters. The summed E-state index contributed by atoms with van der Waals surface area (Å²) in [6.07, 6.45) is 3.80. The number of carbonyl (C=O) groups is 1. The van der Waals surface area contributed by atoms with Gasteiger partial charge in [0.25, 0.3) is 0 Å². The lowest BCUT2D eigenvalue weighted by atomic mass is 10.0. The van der Waals surface area contributed by atoms with Crippen LogP contribution in [-0.4, -0.2) is 28.6 Å². The minimum Gasteiger partial charge on any atom is -0.480 e. The van der Waals surface area contributed by atoms with E-state index in [1.54, 1.807) is 6.07 Å². The van der Waals surface area contributed by atoms with Gasteiger partial charge in [-0.15, -0.1) is 0 Å². The monoisotopic (exact) mass is 272 g/mol. The van der Waals surface area contributed by atoms with Gasteiger partial charge in [0.05, 0.1) is 11.6 Å². The lowest BCUT2D eigenvalue weighted by Gasteiger charge is -2.33. The topological polar surface area (TPSA) is 64.3 Å². The highest BCUT2D eigenvalue weighted by Crippen LogP contribution is 2.28. The van der Waals surface area contributed by atoms with Crippen LogP contribution in [-0.2, 0) is 4.79 Å². The van der Waals surface area contributed by atoms with Crippen LogP contribution in [0.25, 0.3) is 0 Å². The number of benzene rings is 1. The third-order valence-corrected chi connectivity index (χ3v) is 4.07. The molecule has 4 heteroatoms. The lowest BCUT2D eigenvalue weighted by Crippen LogP contribution is -2.42. The summed E-state index contributed by atoms with van der Waals surface area (Å²) in [5.74, 6) is -0.741. The molecule has 1 N–H and O–H groups in total. The van der Waals surface area contributed by atoms with E-state index in [1.165, 1.54) is 0 Å². The molecule has 0 saturated carbocycles. The zero-order chi connectivity index (χ0) is 14.5. The van der Waals surface area contributed by atoms with Gasteiger partial charge in [0.2, 0.25) is 0 Å². The van der Waals surface area contributed by atoms with Gasteiger partial charge >= 0.3 is 5.97 Å². The Morgan fingerprint density at radius 1 is 1.45 bits per heavy atom. The van der Waals surface area contributed by atoms with Crippen molar-refractivity contribution in [2.75, 3.05) is 6.54 Å². The SMILES string of the molecule is CC(c1cccc(C#N)c1)N1CCCCCC1C(=O)O. The molecule has 1 aromatic carbocycles. The molecule has 106 valence electrons. The van der Waals surface area contributed by atoms with Crippen molar-refractivity contribution in [1.82, 2.24) is 4.90 Å². The number of aliphatic carboxylic acids is 1. The Hall–Kier alpha value is -1.86. The number of likely N-dealkylation sites (tertiary alicyclic amines) is 1. The van der Waals surface area contributed by atoms with E-state index in [4.69, 9.17) is 5.26 Å². The van der Waals surface area contributed by atoms with Gasteiger partial charge < -0.3 is 5.11 Å². The smallest absolute Gasteiger partial charge is 0.320 e. The number of hydrogen-bond donors (Lipinski definition) is 1. The number of nitriles is 1. The van der Waals surface area contributed by atoms with Crippen molar-refractivity contribution in [2.24, 2.45) is 0 Å². The molecule has 0 aromatic heterocycles. The molecule has 1 aliphatic heterocycles. The highest BCUT2D eigenvalue weighted by atomic mass is 16.4. The molecule has 20 heavy (non-hydrogen) atoms. The van der Waals surface area contributed by atoms with Crippen LogP contribution in [0.1, 0.15) is 49.8 Å². The van der Waals surface area contributed by atoms with Crippen LogP contribution < -0.4 is 0 Å². The van der Waals surface area contributed by atoms with Gasteiger partial charge in [-0.2, -0.15) is 5.26 Å². The standard InChI is InChI=1S/C16H20N2O2/c1-12(14-7-5-6-13(10-14)11-17)18-9-4-2-3-8-15(18)16(19)20/h5-7,10,12,15H,2-4,8-9H2,1H3,(H,19,20). The summed E-state index contributed by atoms with van der Waals surface area (Å²) in [6, 6.07) is 9.19. The normalized spacial score (nSPS) is 21.7. The van der Waals surface area contributed by atoms with E-state index >= 15 is 0 Å². The maximum absolute atomic E-state index is 11.5. The minimum absolute atomic E-state index is 0.0162. The van der Waals surface area contributed by atoms with Crippen LogP contribution in [0, 0.1) is 11.3 Å². The third kappa shape index (κ3) is 3.17. The molecule has 0 radical (unpaired) electrons. The number of rotatable bonds is 3. The molecule has 0 bridgehead atoms. The summed E-state index contributed by atoms with van der Waals surface area (Å²) >= 11 is 0. The first-order chi connectivity index (χ1) is 9.63. The van der Waals surface area contributed by atoms with Gasteiger partial charge in [0, 0.05) is 6.04 Å². The van der Waals surface area contributed by atoms with E-state index in [0.29, 0.717) is 12.0 Å². The summed E-state index contributed by atoms with van der Waals surface area (Å²) in [7, 11) is 0. The van der Waals surface area contributed by atoms with E-state index < -0.39 is 12.0 Å². The van der Waals surface area contributed by atoms with Gasteiger partial charge in [-0.3, -0.25) is 9.69 Å². The van der Waals surface area contributed by atoms with Crippen LogP contribution in [0.2, 0.25) is 0 Å². The lowest BCUT2D eigenvalue weighted by molar-refractivity contribution is -0.144. The molecule has 0 aliphatic carbocycles. The first-order valence-electron chi connectivity index (χ1n) is 7.12. The van der Waals surface area contributed by atoms with Crippen LogP contribution in [0.15, 0.2) is 24.3 Å². The summed E-state index contributed by atoms with van der Waals surface area (Å²) < 4.78 is 0. The molecule has 4 nitrogen and oxygen atoms in total. The maximum atomic E-state index is 11.5. The van der Waals surface area contributed by atoms with E-state index in [9.17, 15) is 9.90 Å². The van der Waals surface area contributed by atoms with Crippen LogP contribution in [0.5, 0.6) is 0 Å². The van der Waals surface area contributed by atoms with Crippen molar-refractivity contribution >= 4 is 5.97 Å². The third-order valence-electron chi connectivity index (χ3n) is 4.07. The Morgan fingerprint density at radius 3 is 2.95 bits per heavy atom. The van der Waals surface area contributed by atoms with E-state index in [1.807, 2.05) is 25.1 Å². The first-order valence-corrected chi connectivity index (χ1v) is 7.12. The number of hydrogen-bond acceptors (Lipinski definition) is 3. The fourth-order valence-electron chi connectivity index (χ4n) is 2.92. The second-order valence-corrected chi connectivity index (χ2v) is 5.35. The fourth-order valence-corrected chi connectivity index (χ4v) is 2.92. The van der Waals surface area contributed by atoms with E-state index in [2.05, 4.69) is 11.0 Å². The molecular weight excluding hydrogens is 252 g/mol. The van der Waals surface area contributed by atoms with Crippen molar-refractivity contribution in [3.05, 3.63) is 35.4 Å². The Balaban J connectivity index is 2.26. The zero-order valence-corrected chi connectivity index (χ0v) is 11.7. The largest absolute Gasteiger partial charge is 0.480 e. The van der Waals surface area contributed by atoms with Crippen molar-refractivity contribution in [3.8, 4) is 6.07 Å². The molecule has 1 aromatic rings. The van der Waals surface area contributed by atoms with Crippen molar-refractivity contribution in [3.63, 3.8) is 0 Å². The second kappa shape index (κ2) is 6.53. The Bertz CT molecular complexity index is 521. The van der Waals surface area contributed by atoms with Gasteiger partial charge in [-0.25, -0.2) is 0 Å². The average molecular weight is 272 g/mol. The molecule has 2 atom stereocenters. The van der Waals surface area contributed by atoms with E-state index in [0.717, 1.165) is 31.4 Å².